The highest BCUT2D eigenvalue weighted by molar-refractivity contribution is 6.07. The zero-order valence-electron chi connectivity index (χ0n) is 12.4. The molecule has 7 heteroatoms. The number of nitrogens with one attached hydrogen (secondary N) is 2. The van der Waals surface area contributed by atoms with Crippen LogP contribution in [-0.4, -0.2) is 59.5 Å². The Morgan fingerprint density at radius 1 is 1.19 bits per heavy atom. The highest BCUT2D eigenvalue weighted by Crippen LogP contribution is 2.26. The lowest BCUT2D eigenvalue weighted by molar-refractivity contribution is -0.125. The van der Waals surface area contributed by atoms with Gasteiger partial charge in [-0.2, -0.15) is 0 Å². The van der Waals surface area contributed by atoms with Crippen molar-refractivity contribution in [3.05, 3.63) is 0 Å². The largest absolute Gasteiger partial charge is 0.325 e. The maximum atomic E-state index is 12.6. The van der Waals surface area contributed by atoms with E-state index in [4.69, 9.17) is 0 Å². The van der Waals surface area contributed by atoms with Crippen LogP contribution in [0.15, 0.2) is 0 Å². The first-order chi connectivity index (χ1) is 10.00. The van der Waals surface area contributed by atoms with Crippen molar-refractivity contribution < 1.29 is 14.4 Å². The first kappa shape index (κ1) is 14.2. The van der Waals surface area contributed by atoms with Crippen LogP contribution in [-0.2, 0) is 4.79 Å². The predicted molar refractivity (Wildman–Crippen MR) is 75.6 cm³/mol. The molecule has 0 radical (unpaired) electrons. The molecule has 5 amide bonds. The lowest BCUT2D eigenvalue weighted by Gasteiger charge is -2.41. The summed E-state index contributed by atoms with van der Waals surface area (Å²) in [4.78, 5) is 39.6. The van der Waals surface area contributed by atoms with Crippen molar-refractivity contribution in [1.29, 1.82) is 0 Å². The summed E-state index contributed by atoms with van der Waals surface area (Å²) >= 11 is 0. The Morgan fingerprint density at radius 2 is 1.90 bits per heavy atom. The van der Waals surface area contributed by atoms with Crippen LogP contribution < -0.4 is 10.6 Å². The van der Waals surface area contributed by atoms with Crippen molar-refractivity contribution in [2.75, 3.05) is 26.2 Å². The highest BCUT2D eigenvalue weighted by atomic mass is 16.2. The molecule has 0 aliphatic carbocycles. The van der Waals surface area contributed by atoms with Crippen molar-refractivity contribution >= 4 is 18.0 Å². The monoisotopic (exact) mass is 294 g/mol. The summed E-state index contributed by atoms with van der Waals surface area (Å²) in [6, 6.07) is -0.462. The van der Waals surface area contributed by atoms with Crippen LogP contribution >= 0.6 is 0 Å². The number of nitrogens with zero attached hydrogens (tertiary/aromatic N) is 2. The second kappa shape index (κ2) is 5.20. The highest BCUT2D eigenvalue weighted by Gasteiger charge is 2.49. The molecule has 0 aromatic carbocycles. The van der Waals surface area contributed by atoms with E-state index in [2.05, 4.69) is 17.6 Å². The number of carbonyl (C=O) groups excluding carboxylic acids is 3. The van der Waals surface area contributed by atoms with Crippen LogP contribution in [0.5, 0.6) is 0 Å². The first-order valence-corrected chi connectivity index (χ1v) is 7.68. The Morgan fingerprint density at radius 3 is 2.52 bits per heavy atom. The normalized spacial score (nSPS) is 30.5. The summed E-state index contributed by atoms with van der Waals surface area (Å²) in [5.41, 5.74) is -0.923. The van der Waals surface area contributed by atoms with Gasteiger partial charge in [-0.05, 0) is 31.6 Å². The zero-order chi connectivity index (χ0) is 15.0. The number of piperidine rings is 2. The van der Waals surface area contributed by atoms with Crippen molar-refractivity contribution in [3.63, 3.8) is 0 Å². The number of hydrogen-bond acceptors (Lipinski definition) is 3. The van der Waals surface area contributed by atoms with Crippen molar-refractivity contribution in [1.82, 2.24) is 20.4 Å². The zero-order valence-corrected chi connectivity index (χ0v) is 12.4. The SMILES string of the molecule is CC1CCN(C(=O)N2CCCC3(C2)NC(=O)NC3=O)CC1. The van der Waals surface area contributed by atoms with Crippen LogP contribution in [0.25, 0.3) is 0 Å². The lowest BCUT2D eigenvalue weighted by atomic mass is 9.89. The van der Waals surface area contributed by atoms with Gasteiger partial charge in [0, 0.05) is 19.6 Å². The Hall–Kier alpha value is -1.79. The van der Waals surface area contributed by atoms with Gasteiger partial charge in [0.2, 0.25) is 0 Å². The summed E-state index contributed by atoms with van der Waals surface area (Å²) in [5, 5.41) is 4.98. The van der Waals surface area contributed by atoms with Crippen LogP contribution in [0.2, 0.25) is 0 Å². The quantitative estimate of drug-likeness (QED) is 0.639. The van der Waals surface area contributed by atoms with Gasteiger partial charge in [0.05, 0.1) is 6.54 Å². The fourth-order valence-corrected chi connectivity index (χ4v) is 3.43. The number of imide groups is 1. The van der Waals surface area contributed by atoms with Crippen molar-refractivity contribution in [3.8, 4) is 0 Å². The summed E-state index contributed by atoms with van der Waals surface area (Å²) in [5.74, 6) is 0.360. The fraction of sp³-hybridized carbons (Fsp3) is 0.786. The Balaban J connectivity index is 1.67. The fourth-order valence-electron chi connectivity index (χ4n) is 3.43. The van der Waals surface area contributed by atoms with Crippen LogP contribution in [0, 0.1) is 5.92 Å². The van der Waals surface area contributed by atoms with Gasteiger partial charge in [0.1, 0.15) is 5.54 Å². The van der Waals surface area contributed by atoms with Gasteiger partial charge in [-0.15, -0.1) is 0 Å². The van der Waals surface area contributed by atoms with E-state index in [1.165, 1.54) is 0 Å². The molecule has 3 aliphatic rings. The molecule has 0 aromatic rings. The molecule has 0 saturated carbocycles. The van der Waals surface area contributed by atoms with E-state index in [0.717, 1.165) is 32.4 Å². The molecular weight excluding hydrogens is 272 g/mol. The van der Waals surface area contributed by atoms with E-state index in [9.17, 15) is 14.4 Å². The molecule has 1 atom stereocenters. The van der Waals surface area contributed by atoms with Gasteiger partial charge in [0.25, 0.3) is 5.91 Å². The molecule has 1 unspecified atom stereocenters. The number of carbonyl (C=O) groups is 3. The van der Waals surface area contributed by atoms with E-state index in [1.54, 1.807) is 4.90 Å². The summed E-state index contributed by atoms with van der Waals surface area (Å²) in [6.07, 6.45) is 3.37. The second-order valence-electron chi connectivity index (χ2n) is 6.47. The van der Waals surface area contributed by atoms with Crippen molar-refractivity contribution in [2.45, 2.75) is 38.1 Å². The number of rotatable bonds is 0. The maximum Gasteiger partial charge on any atom is 0.322 e. The topological polar surface area (TPSA) is 81.8 Å². The van der Waals surface area contributed by atoms with E-state index < -0.39 is 11.6 Å². The Kier molecular flexibility index (Phi) is 3.51. The molecule has 3 heterocycles. The standard InChI is InChI=1S/C14H22N4O3/c1-10-3-7-17(8-4-10)13(21)18-6-2-5-14(9-18)11(19)15-12(20)16-14/h10H,2-9H2,1H3,(H2,15,16,19,20). The molecule has 116 valence electrons. The average molecular weight is 294 g/mol. The smallest absolute Gasteiger partial charge is 0.322 e. The van der Waals surface area contributed by atoms with Gasteiger partial charge in [-0.1, -0.05) is 6.92 Å². The minimum absolute atomic E-state index is 0.00470. The molecule has 0 bridgehead atoms. The van der Waals surface area contributed by atoms with Gasteiger partial charge >= 0.3 is 12.1 Å². The summed E-state index contributed by atoms with van der Waals surface area (Å²) in [6.45, 7) is 4.69. The minimum Gasteiger partial charge on any atom is -0.325 e. The van der Waals surface area contributed by atoms with E-state index in [-0.39, 0.29) is 18.5 Å². The Labute approximate surface area is 124 Å². The second-order valence-corrected chi connectivity index (χ2v) is 6.47. The molecule has 21 heavy (non-hydrogen) atoms. The van der Waals surface area contributed by atoms with Crippen LogP contribution in [0.3, 0.4) is 0 Å². The molecule has 3 rings (SSSR count). The molecule has 3 saturated heterocycles. The van der Waals surface area contributed by atoms with Gasteiger partial charge in [-0.25, -0.2) is 9.59 Å². The number of hydrogen-bond donors (Lipinski definition) is 2. The molecule has 2 N–H and O–H groups in total. The summed E-state index contributed by atoms with van der Waals surface area (Å²) in [7, 11) is 0. The third kappa shape index (κ3) is 2.56. The van der Waals surface area contributed by atoms with E-state index >= 15 is 0 Å². The number of urea groups is 2. The summed E-state index contributed by atoms with van der Waals surface area (Å²) < 4.78 is 0. The minimum atomic E-state index is -0.923. The van der Waals surface area contributed by atoms with E-state index in [0.29, 0.717) is 18.9 Å². The molecule has 3 aliphatic heterocycles. The van der Waals surface area contributed by atoms with Crippen LogP contribution in [0.4, 0.5) is 9.59 Å². The average Bonchev–Trinajstić information content (AvgIpc) is 2.73. The molecule has 3 fully saturated rings. The molecule has 1 spiro atoms. The van der Waals surface area contributed by atoms with Gasteiger partial charge < -0.3 is 15.1 Å². The van der Waals surface area contributed by atoms with Crippen LogP contribution in [0.1, 0.15) is 32.6 Å². The maximum absolute atomic E-state index is 12.6. The lowest BCUT2D eigenvalue weighted by Crippen LogP contribution is -2.61. The predicted octanol–water partition coefficient (Wildman–Crippen LogP) is 0.512. The number of amides is 5. The van der Waals surface area contributed by atoms with Gasteiger partial charge in [0.15, 0.2) is 0 Å². The van der Waals surface area contributed by atoms with Crippen molar-refractivity contribution in [2.24, 2.45) is 5.92 Å². The van der Waals surface area contributed by atoms with E-state index in [1.807, 2.05) is 4.90 Å². The van der Waals surface area contributed by atoms with Gasteiger partial charge in [-0.3, -0.25) is 10.1 Å². The Bertz CT molecular complexity index is 473. The molecule has 7 nitrogen and oxygen atoms in total. The third-order valence-electron chi connectivity index (χ3n) is 4.83. The first-order valence-electron chi connectivity index (χ1n) is 7.68. The number of likely N-dealkylation sites (tertiary alicyclic amines) is 2. The third-order valence-corrected chi connectivity index (χ3v) is 4.83. The molecule has 0 aromatic heterocycles. The molecular formula is C14H22N4O3.